The third-order valence-electron chi connectivity index (χ3n) is 2.21. The average Bonchev–Trinajstić information content (AvgIpc) is 2.33. The Labute approximate surface area is 116 Å². The summed E-state index contributed by atoms with van der Waals surface area (Å²) in [6.45, 7) is 3.80. The van der Waals surface area contributed by atoms with Crippen molar-refractivity contribution >= 4 is 17.3 Å². The number of ether oxygens (including phenoxy) is 1. The van der Waals surface area contributed by atoms with Crippen molar-refractivity contribution in [2.45, 2.75) is 25.9 Å². The van der Waals surface area contributed by atoms with E-state index in [2.05, 4.69) is 5.32 Å². The quantitative estimate of drug-likeness (QED) is 0.640. The average molecular weight is 284 g/mol. The highest BCUT2D eigenvalue weighted by Crippen LogP contribution is 2.29. The molecule has 0 saturated heterocycles. The largest absolute Gasteiger partial charge is 0.484 e. The Balaban J connectivity index is 2.79. The highest BCUT2D eigenvalue weighted by Gasteiger charge is 2.17. The van der Waals surface area contributed by atoms with Gasteiger partial charge in [-0.3, -0.25) is 15.4 Å². The SMILES string of the molecule is CC(C)NC(C#N)COc1cc(Cl)ccc1[N+](=O)[O-]. The number of hydrogen-bond donors (Lipinski definition) is 1. The van der Waals surface area contributed by atoms with Crippen molar-refractivity contribution in [1.82, 2.24) is 5.32 Å². The molecule has 1 N–H and O–H groups in total. The van der Waals surface area contributed by atoms with Crippen LogP contribution in [0.25, 0.3) is 0 Å². The Kier molecular flexibility index (Phi) is 5.55. The molecule has 0 fully saturated rings. The van der Waals surface area contributed by atoms with Crippen LogP contribution in [-0.4, -0.2) is 23.6 Å². The number of halogens is 1. The molecule has 7 heteroatoms. The topological polar surface area (TPSA) is 88.2 Å². The molecule has 0 aliphatic heterocycles. The van der Waals surface area contributed by atoms with Crippen LogP contribution in [0.2, 0.25) is 5.02 Å². The van der Waals surface area contributed by atoms with Gasteiger partial charge in [-0.15, -0.1) is 0 Å². The number of hydrogen-bond acceptors (Lipinski definition) is 5. The summed E-state index contributed by atoms with van der Waals surface area (Å²) >= 11 is 5.77. The zero-order valence-corrected chi connectivity index (χ0v) is 11.3. The summed E-state index contributed by atoms with van der Waals surface area (Å²) in [6, 6.07) is 5.65. The highest BCUT2D eigenvalue weighted by atomic mass is 35.5. The molecule has 0 spiro atoms. The van der Waals surface area contributed by atoms with Crippen LogP contribution in [-0.2, 0) is 0 Å². The molecule has 1 rings (SSSR count). The van der Waals surface area contributed by atoms with Gasteiger partial charge >= 0.3 is 5.69 Å². The summed E-state index contributed by atoms with van der Waals surface area (Å²) in [7, 11) is 0. The van der Waals surface area contributed by atoms with Crippen LogP contribution in [0.5, 0.6) is 5.75 Å². The Hall–Kier alpha value is -1.84. The Morgan fingerprint density at radius 2 is 2.26 bits per heavy atom. The number of nitro groups is 1. The minimum Gasteiger partial charge on any atom is -0.484 e. The molecule has 1 unspecified atom stereocenters. The summed E-state index contributed by atoms with van der Waals surface area (Å²) in [5.74, 6) is 0.0586. The molecular weight excluding hydrogens is 270 g/mol. The van der Waals surface area contributed by atoms with E-state index in [1.807, 2.05) is 19.9 Å². The number of benzene rings is 1. The van der Waals surface area contributed by atoms with Crippen LogP contribution in [0.4, 0.5) is 5.69 Å². The fourth-order valence-corrected chi connectivity index (χ4v) is 1.61. The van der Waals surface area contributed by atoms with E-state index in [4.69, 9.17) is 21.6 Å². The molecule has 19 heavy (non-hydrogen) atoms. The van der Waals surface area contributed by atoms with Crippen molar-refractivity contribution in [1.29, 1.82) is 5.26 Å². The normalized spacial score (nSPS) is 11.9. The van der Waals surface area contributed by atoms with Gasteiger partial charge in [-0.05, 0) is 19.9 Å². The smallest absolute Gasteiger partial charge is 0.311 e. The predicted octanol–water partition coefficient (Wildman–Crippen LogP) is 2.52. The predicted molar refractivity (Wildman–Crippen MR) is 71.3 cm³/mol. The van der Waals surface area contributed by atoms with Gasteiger partial charge in [0.1, 0.15) is 12.6 Å². The van der Waals surface area contributed by atoms with Crippen molar-refractivity contribution in [2.75, 3.05) is 6.61 Å². The highest BCUT2D eigenvalue weighted by molar-refractivity contribution is 6.30. The first-order valence-electron chi connectivity index (χ1n) is 5.66. The molecule has 0 aromatic heterocycles. The molecule has 1 aromatic carbocycles. The van der Waals surface area contributed by atoms with E-state index in [9.17, 15) is 10.1 Å². The van der Waals surface area contributed by atoms with Gasteiger partial charge in [-0.2, -0.15) is 5.26 Å². The number of nitrogens with one attached hydrogen (secondary N) is 1. The monoisotopic (exact) mass is 283 g/mol. The minimum absolute atomic E-state index is 0.00978. The summed E-state index contributed by atoms with van der Waals surface area (Å²) in [4.78, 5) is 10.3. The molecule has 0 heterocycles. The van der Waals surface area contributed by atoms with E-state index in [1.165, 1.54) is 18.2 Å². The standard InChI is InChI=1S/C12H14ClN3O3/c1-8(2)15-10(6-14)7-19-12-5-9(13)3-4-11(12)16(17)18/h3-5,8,10,15H,7H2,1-2H3. The first-order chi connectivity index (χ1) is 8.93. The summed E-state index contributed by atoms with van der Waals surface area (Å²) in [5.41, 5.74) is -0.175. The zero-order valence-electron chi connectivity index (χ0n) is 10.6. The maximum absolute atomic E-state index is 10.8. The van der Waals surface area contributed by atoms with Crippen molar-refractivity contribution in [2.24, 2.45) is 0 Å². The number of rotatable bonds is 6. The summed E-state index contributed by atoms with van der Waals surface area (Å²) in [5, 5.41) is 23.1. The van der Waals surface area contributed by atoms with E-state index in [0.717, 1.165) is 0 Å². The molecule has 0 amide bonds. The lowest BCUT2D eigenvalue weighted by Gasteiger charge is -2.15. The van der Waals surface area contributed by atoms with Crippen molar-refractivity contribution in [3.63, 3.8) is 0 Å². The maximum Gasteiger partial charge on any atom is 0.311 e. The van der Waals surface area contributed by atoms with Crippen molar-refractivity contribution < 1.29 is 9.66 Å². The summed E-state index contributed by atoms with van der Waals surface area (Å²) < 4.78 is 5.32. The van der Waals surface area contributed by atoms with Gasteiger partial charge in [-0.1, -0.05) is 11.6 Å². The van der Waals surface area contributed by atoms with Crippen molar-refractivity contribution in [3.05, 3.63) is 33.3 Å². The van der Waals surface area contributed by atoms with Gasteiger partial charge in [0.15, 0.2) is 5.75 Å². The lowest BCUT2D eigenvalue weighted by atomic mass is 10.2. The Bertz CT molecular complexity index is 499. The van der Waals surface area contributed by atoms with E-state index in [1.54, 1.807) is 0 Å². The summed E-state index contributed by atoms with van der Waals surface area (Å²) in [6.07, 6.45) is 0. The van der Waals surface area contributed by atoms with Gasteiger partial charge in [0.2, 0.25) is 0 Å². The second-order valence-electron chi connectivity index (χ2n) is 4.18. The van der Waals surface area contributed by atoms with Gasteiger partial charge in [0, 0.05) is 23.2 Å². The first-order valence-corrected chi connectivity index (χ1v) is 6.04. The second-order valence-corrected chi connectivity index (χ2v) is 4.62. The molecule has 0 radical (unpaired) electrons. The van der Waals surface area contributed by atoms with E-state index < -0.39 is 11.0 Å². The van der Waals surface area contributed by atoms with E-state index in [0.29, 0.717) is 5.02 Å². The minimum atomic E-state index is -0.553. The number of nitrogens with zero attached hydrogens (tertiary/aromatic N) is 2. The van der Waals surface area contributed by atoms with Gasteiger partial charge in [0.05, 0.1) is 11.0 Å². The lowest BCUT2D eigenvalue weighted by Crippen LogP contribution is -2.38. The first kappa shape index (κ1) is 15.2. The Morgan fingerprint density at radius 3 is 2.79 bits per heavy atom. The maximum atomic E-state index is 10.8. The fraction of sp³-hybridized carbons (Fsp3) is 0.417. The molecule has 0 aliphatic rings. The molecule has 6 nitrogen and oxygen atoms in total. The molecule has 1 aromatic rings. The molecule has 0 aliphatic carbocycles. The van der Waals surface area contributed by atoms with Crippen LogP contribution in [0.3, 0.4) is 0 Å². The number of nitriles is 1. The molecule has 1 atom stereocenters. The van der Waals surface area contributed by atoms with E-state index >= 15 is 0 Å². The lowest BCUT2D eigenvalue weighted by molar-refractivity contribution is -0.385. The molecular formula is C12H14ClN3O3. The van der Waals surface area contributed by atoms with E-state index in [-0.39, 0.29) is 24.1 Å². The second kappa shape index (κ2) is 6.92. The van der Waals surface area contributed by atoms with Crippen LogP contribution < -0.4 is 10.1 Å². The molecule has 0 saturated carbocycles. The van der Waals surface area contributed by atoms with Gasteiger partial charge in [-0.25, -0.2) is 0 Å². The van der Waals surface area contributed by atoms with Crippen LogP contribution in [0, 0.1) is 21.4 Å². The Morgan fingerprint density at radius 1 is 1.58 bits per heavy atom. The fourth-order valence-electron chi connectivity index (χ4n) is 1.45. The van der Waals surface area contributed by atoms with Crippen molar-refractivity contribution in [3.8, 4) is 11.8 Å². The number of nitro benzene ring substituents is 1. The van der Waals surface area contributed by atoms with Crippen LogP contribution in [0.15, 0.2) is 18.2 Å². The van der Waals surface area contributed by atoms with Gasteiger partial charge in [0.25, 0.3) is 0 Å². The third kappa shape index (κ3) is 4.73. The van der Waals surface area contributed by atoms with Gasteiger partial charge < -0.3 is 4.74 Å². The van der Waals surface area contributed by atoms with Crippen LogP contribution >= 0.6 is 11.6 Å². The molecule has 102 valence electrons. The van der Waals surface area contributed by atoms with Crippen LogP contribution in [0.1, 0.15) is 13.8 Å². The molecule has 0 bridgehead atoms. The zero-order chi connectivity index (χ0) is 14.4. The third-order valence-corrected chi connectivity index (χ3v) is 2.45.